The van der Waals surface area contributed by atoms with Crippen LogP contribution in [0.4, 0.5) is 4.39 Å². The molecule has 0 saturated carbocycles. The Balaban J connectivity index is 1.72. The van der Waals surface area contributed by atoms with Gasteiger partial charge in [0.2, 0.25) is 0 Å². The summed E-state index contributed by atoms with van der Waals surface area (Å²) in [6, 6.07) is 5.18. The fraction of sp³-hybridized carbons (Fsp3) is 0.500. The molecule has 1 aromatic carbocycles. The first-order valence-corrected chi connectivity index (χ1v) is 6.74. The van der Waals surface area contributed by atoms with E-state index < -0.39 is 0 Å². The van der Waals surface area contributed by atoms with Crippen molar-refractivity contribution in [1.82, 2.24) is 5.32 Å². The summed E-state index contributed by atoms with van der Waals surface area (Å²) in [5.74, 6) is -0.151. The van der Waals surface area contributed by atoms with E-state index >= 15 is 0 Å². The maximum absolute atomic E-state index is 13.6. The van der Waals surface area contributed by atoms with Gasteiger partial charge in [0.25, 0.3) is 0 Å². The number of Topliss-reactive ketones (excluding diaryl/α,β-unsaturated/α-hetero) is 1. The average molecular weight is 268 g/mol. The Labute approximate surface area is 111 Å². The van der Waals surface area contributed by atoms with Crippen LogP contribution in [0.25, 0.3) is 0 Å². The molecule has 2 saturated heterocycles. The number of halogens is 2. The molecule has 3 atom stereocenters. The molecule has 1 aromatic rings. The van der Waals surface area contributed by atoms with Gasteiger partial charge in [-0.2, -0.15) is 0 Å². The van der Waals surface area contributed by atoms with Crippen LogP contribution in [0.5, 0.6) is 0 Å². The van der Waals surface area contributed by atoms with Crippen LogP contribution in [0.15, 0.2) is 18.2 Å². The zero-order valence-corrected chi connectivity index (χ0v) is 10.7. The third kappa shape index (κ3) is 2.17. The van der Waals surface area contributed by atoms with Crippen molar-refractivity contribution in [2.24, 2.45) is 5.92 Å². The quantitative estimate of drug-likeness (QED) is 0.912. The predicted octanol–water partition coefficient (Wildman–Crippen LogP) is 2.73. The number of rotatable bonds is 3. The van der Waals surface area contributed by atoms with E-state index in [0.29, 0.717) is 22.7 Å². The number of carbonyl (C=O) groups excluding carboxylic acids is 1. The van der Waals surface area contributed by atoms with Crippen LogP contribution in [0.3, 0.4) is 0 Å². The van der Waals surface area contributed by atoms with Crippen molar-refractivity contribution < 1.29 is 9.18 Å². The number of carbonyl (C=O) groups is 1. The highest BCUT2D eigenvalue weighted by molar-refractivity contribution is 6.30. The minimum atomic E-state index is -0.344. The molecular weight excluding hydrogens is 253 g/mol. The van der Waals surface area contributed by atoms with Gasteiger partial charge in [0.05, 0.1) is 0 Å². The van der Waals surface area contributed by atoms with E-state index in [9.17, 15) is 9.18 Å². The predicted molar refractivity (Wildman–Crippen MR) is 68.2 cm³/mol. The SMILES string of the molecule is O=C(Cc1cc(Cl)ccc1F)C1CC2CCC1N2. The number of fused-ring (bicyclic) bond motifs is 2. The summed E-state index contributed by atoms with van der Waals surface area (Å²) in [5.41, 5.74) is 0.412. The molecule has 0 radical (unpaired) electrons. The van der Waals surface area contributed by atoms with Crippen LogP contribution in [0, 0.1) is 11.7 Å². The summed E-state index contributed by atoms with van der Waals surface area (Å²) >= 11 is 5.83. The summed E-state index contributed by atoms with van der Waals surface area (Å²) in [5, 5.41) is 3.91. The largest absolute Gasteiger partial charge is 0.310 e. The van der Waals surface area contributed by atoms with Crippen LogP contribution in [-0.4, -0.2) is 17.9 Å². The maximum Gasteiger partial charge on any atom is 0.142 e. The molecule has 3 rings (SSSR count). The molecule has 2 bridgehead atoms. The van der Waals surface area contributed by atoms with Crippen molar-refractivity contribution in [1.29, 1.82) is 0 Å². The number of benzene rings is 1. The Hall–Kier alpha value is -0.930. The van der Waals surface area contributed by atoms with Gasteiger partial charge in [0, 0.05) is 29.4 Å². The molecular formula is C14H15ClFNO. The first kappa shape index (κ1) is 12.1. The van der Waals surface area contributed by atoms with Gasteiger partial charge in [0.15, 0.2) is 0 Å². The minimum absolute atomic E-state index is 0.0575. The molecule has 0 aliphatic carbocycles. The lowest BCUT2D eigenvalue weighted by molar-refractivity contribution is -0.122. The van der Waals surface area contributed by atoms with Gasteiger partial charge in [-0.1, -0.05) is 11.6 Å². The van der Waals surface area contributed by atoms with Crippen molar-refractivity contribution >= 4 is 17.4 Å². The Bertz CT molecular complexity index is 491. The van der Waals surface area contributed by atoms with Gasteiger partial charge >= 0.3 is 0 Å². The summed E-state index contributed by atoms with van der Waals surface area (Å²) in [6.45, 7) is 0. The molecule has 96 valence electrons. The Morgan fingerprint density at radius 3 is 2.94 bits per heavy atom. The van der Waals surface area contributed by atoms with Crippen molar-refractivity contribution in [3.8, 4) is 0 Å². The topological polar surface area (TPSA) is 29.1 Å². The summed E-state index contributed by atoms with van der Waals surface area (Å²) in [6.07, 6.45) is 3.30. The van der Waals surface area contributed by atoms with Crippen LogP contribution < -0.4 is 5.32 Å². The van der Waals surface area contributed by atoms with Crippen molar-refractivity contribution in [3.63, 3.8) is 0 Å². The third-order valence-electron chi connectivity index (χ3n) is 4.09. The molecule has 4 heteroatoms. The summed E-state index contributed by atoms with van der Waals surface area (Å²) in [7, 11) is 0. The lowest BCUT2D eigenvalue weighted by Gasteiger charge is -2.18. The minimum Gasteiger partial charge on any atom is -0.310 e. The second kappa shape index (κ2) is 4.63. The molecule has 0 amide bonds. The molecule has 0 spiro atoms. The first-order valence-electron chi connectivity index (χ1n) is 6.36. The Kier molecular flexibility index (Phi) is 3.12. The average Bonchev–Trinajstić information content (AvgIpc) is 2.96. The van der Waals surface area contributed by atoms with E-state index in [1.54, 1.807) is 6.07 Å². The third-order valence-corrected chi connectivity index (χ3v) is 4.32. The van der Waals surface area contributed by atoms with Crippen LogP contribution >= 0.6 is 11.6 Å². The van der Waals surface area contributed by atoms with Crippen LogP contribution in [-0.2, 0) is 11.2 Å². The number of hydrogen-bond donors (Lipinski definition) is 1. The van der Waals surface area contributed by atoms with Crippen molar-refractivity contribution in [2.45, 2.75) is 37.8 Å². The smallest absolute Gasteiger partial charge is 0.142 e. The fourth-order valence-electron chi connectivity index (χ4n) is 3.18. The first-order chi connectivity index (χ1) is 8.63. The lowest BCUT2D eigenvalue weighted by Crippen LogP contribution is -2.29. The number of hydrogen-bond acceptors (Lipinski definition) is 2. The Morgan fingerprint density at radius 2 is 2.28 bits per heavy atom. The number of nitrogens with one attached hydrogen (secondary N) is 1. The molecule has 2 fully saturated rings. The van der Waals surface area contributed by atoms with Gasteiger partial charge in [-0.25, -0.2) is 4.39 Å². The normalized spacial score (nSPS) is 29.8. The van der Waals surface area contributed by atoms with E-state index in [0.717, 1.165) is 12.8 Å². The highest BCUT2D eigenvalue weighted by Crippen LogP contribution is 2.34. The van der Waals surface area contributed by atoms with E-state index in [2.05, 4.69) is 5.32 Å². The summed E-state index contributed by atoms with van der Waals surface area (Å²) in [4.78, 5) is 12.2. The molecule has 2 nitrogen and oxygen atoms in total. The molecule has 18 heavy (non-hydrogen) atoms. The standard InChI is InChI=1S/C14H15ClFNO/c15-9-1-3-12(16)8(5-9)6-14(18)11-7-10-2-4-13(11)17-10/h1,3,5,10-11,13,17H,2,4,6-7H2. The zero-order valence-electron chi connectivity index (χ0n) is 9.96. The van der Waals surface area contributed by atoms with Crippen LogP contribution in [0.1, 0.15) is 24.8 Å². The van der Waals surface area contributed by atoms with Gasteiger partial charge < -0.3 is 5.32 Å². The van der Waals surface area contributed by atoms with E-state index in [4.69, 9.17) is 11.6 Å². The van der Waals surface area contributed by atoms with E-state index in [1.807, 2.05) is 0 Å². The lowest BCUT2D eigenvalue weighted by atomic mass is 9.84. The second-order valence-corrected chi connectivity index (χ2v) is 5.70. The van der Waals surface area contributed by atoms with Gasteiger partial charge in [0.1, 0.15) is 11.6 Å². The van der Waals surface area contributed by atoms with Gasteiger partial charge in [-0.15, -0.1) is 0 Å². The second-order valence-electron chi connectivity index (χ2n) is 5.27. The molecule has 2 aliphatic rings. The van der Waals surface area contributed by atoms with Crippen molar-refractivity contribution in [3.05, 3.63) is 34.6 Å². The van der Waals surface area contributed by atoms with Crippen molar-refractivity contribution in [2.75, 3.05) is 0 Å². The van der Waals surface area contributed by atoms with E-state index in [1.165, 1.54) is 18.6 Å². The molecule has 2 aliphatic heterocycles. The highest BCUT2D eigenvalue weighted by Gasteiger charge is 2.42. The maximum atomic E-state index is 13.6. The number of ketones is 1. The molecule has 0 aromatic heterocycles. The fourth-order valence-corrected chi connectivity index (χ4v) is 3.37. The van der Waals surface area contributed by atoms with Crippen LogP contribution in [0.2, 0.25) is 5.02 Å². The van der Waals surface area contributed by atoms with Gasteiger partial charge in [-0.05, 0) is 43.0 Å². The monoisotopic (exact) mass is 267 g/mol. The van der Waals surface area contributed by atoms with E-state index in [-0.39, 0.29) is 23.9 Å². The Morgan fingerprint density at radius 1 is 1.44 bits per heavy atom. The summed E-state index contributed by atoms with van der Waals surface area (Å²) < 4.78 is 13.6. The molecule has 2 heterocycles. The molecule has 1 N–H and O–H groups in total. The van der Waals surface area contributed by atoms with Gasteiger partial charge in [-0.3, -0.25) is 4.79 Å². The zero-order chi connectivity index (χ0) is 12.7. The molecule has 3 unspecified atom stereocenters. The highest BCUT2D eigenvalue weighted by atomic mass is 35.5.